The number of carbonyl (C=O) groups excluding carboxylic acids is 1. The summed E-state index contributed by atoms with van der Waals surface area (Å²) in [4.78, 5) is 17.8. The first-order chi connectivity index (χ1) is 8.15. The van der Waals surface area contributed by atoms with Gasteiger partial charge in [0.05, 0.1) is 0 Å². The van der Waals surface area contributed by atoms with Crippen molar-refractivity contribution in [3.8, 4) is 0 Å². The Morgan fingerprint density at radius 3 is 2.94 bits per heavy atom. The minimum Gasteiger partial charge on any atom is -0.341 e. The standard InChI is InChI=1S/C13H21N3O/c1-11(5-3-7-14)13(17)16(2)10-12-6-4-8-15-9-12/h4,6,8-9,11H,3,5,7,10,14H2,1-2H3. The van der Waals surface area contributed by atoms with Crippen molar-refractivity contribution in [2.75, 3.05) is 13.6 Å². The highest BCUT2D eigenvalue weighted by atomic mass is 16.2. The molecule has 1 rings (SSSR count). The maximum absolute atomic E-state index is 12.0. The van der Waals surface area contributed by atoms with Crippen LogP contribution in [0.3, 0.4) is 0 Å². The first-order valence-electron chi connectivity index (χ1n) is 5.99. The smallest absolute Gasteiger partial charge is 0.225 e. The van der Waals surface area contributed by atoms with Gasteiger partial charge in [-0.1, -0.05) is 13.0 Å². The second kappa shape index (κ2) is 7.01. The molecule has 0 radical (unpaired) electrons. The third kappa shape index (κ3) is 4.53. The van der Waals surface area contributed by atoms with Crippen LogP contribution in [0, 0.1) is 5.92 Å². The number of nitrogens with two attached hydrogens (primary N) is 1. The highest BCUT2D eigenvalue weighted by Crippen LogP contribution is 2.10. The van der Waals surface area contributed by atoms with E-state index in [2.05, 4.69) is 4.98 Å². The molecule has 1 aromatic heterocycles. The predicted molar refractivity (Wildman–Crippen MR) is 68.2 cm³/mol. The molecule has 0 saturated heterocycles. The van der Waals surface area contributed by atoms with Crippen LogP contribution in [-0.2, 0) is 11.3 Å². The summed E-state index contributed by atoms with van der Waals surface area (Å²) < 4.78 is 0. The fraction of sp³-hybridized carbons (Fsp3) is 0.538. The Morgan fingerprint density at radius 1 is 1.59 bits per heavy atom. The summed E-state index contributed by atoms with van der Waals surface area (Å²) in [6.07, 6.45) is 5.27. The van der Waals surface area contributed by atoms with Crippen LogP contribution in [0.25, 0.3) is 0 Å². The Labute approximate surface area is 103 Å². The largest absolute Gasteiger partial charge is 0.341 e. The van der Waals surface area contributed by atoms with Crippen molar-refractivity contribution in [3.05, 3.63) is 30.1 Å². The zero-order valence-corrected chi connectivity index (χ0v) is 10.6. The van der Waals surface area contributed by atoms with E-state index in [9.17, 15) is 4.79 Å². The first-order valence-corrected chi connectivity index (χ1v) is 5.99. The Bertz CT molecular complexity index is 340. The molecule has 0 aliphatic heterocycles. The van der Waals surface area contributed by atoms with Crippen LogP contribution >= 0.6 is 0 Å². The molecule has 4 heteroatoms. The summed E-state index contributed by atoms with van der Waals surface area (Å²) in [6, 6.07) is 3.85. The number of rotatable bonds is 6. The number of nitrogens with zero attached hydrogens (tertiary/aromatic N) is 2. The molecule has 1 atom stereocenters. The van der Waals surface area contributed by atoms with E-state index in [1.807, 2.05) is 26.1 Å². The molecule has 4 nitrogen and oxygen atoms in total. The summed E-state index contributed by atoms with van der Waals surface area (Å²) in [6.45, 7) is 3.21. The van der Waals surface area contributed by atoms with Gasteiger partial charge in [0.2, 0.25) is 5.91 Å². The molecule has 2 N–H and O–H groups in total. The van der Waals surface area contributed by atoms with Gasteiger partial charge in [-0.25, -0.2) is 0 Å². The van der Waals surface area contributed by atoms with Gasteiger partial charge in [-0.3, -0.25) is 9.78 Å². The lowest BCUT2D eigenvalue weighted by Crippen LogP contribution is -2.31. The molecule has 0 fully saturated rings. The van der Waals surface area contributed by atoms with E-state index in [0.29, 0.717) is 13.1 Å². The van der Waals surface area contributed by atoms with Gasteiger partial charge in [0, 0.05) is 31.9 Å². The summed E-state index contributed by atoms with van der Waals surface area (Å²) in [5, 5.41) is 0. The average molecular weight is 235 g/mol. The lowest BCUT2D eigenvalue weighted by atomic mass is 10.0. The van der Waals surface area contributed by atoms with Crippen LogP contribution in [0.5, 0.6) is 0 Å². The molecule has 0 aliphatic rings. The van der Waals surface area contributed by atoms with Gasteiger partial charge in [-0.05, 0) is 31.0 Å². The van der Waals surface area contributed by atoms with Gasteiger partial charge in [-0.15, -0.1) is 0 Å². The van der Waals surface area contributed by atoms with Gasteiger partial charge >= 0.3 is 0 Å². The monoisotopic (exact) mass is 235 g/mol. The molecule has 0 aliphatic carbocycles. The maximum atomic E-state index is 12.0. The number of carbonyl (C=O) groups is 1. The lowest BCUT2D eigenvalue weighted by Gasteiger charge is -2.21. The molecule has 1 heterocycles. The normalized spacial score (nSPS) is 12.2. The van der Waals surface area contributed by atoms with Crippen molar-refractivity contribution < 1.29 is 4.79 Å². The van der Waals surface area contributed by atoms with E-state index in [-0.39, 0.29) is 11.8 Å². The molecule has 0 bridgehead atoms. The molecule has 0 saturated carbocycles. The number of aromatic nitrogens is 1. The number of amides is 1. The van der Waals surface area contributed by atoms with Crippen LogP contribution in [0.2, 0.25) is 0 Å². The molecule has 0 spiro atoms. The number of pyridine rings is 1. The highest BCUT2D eigenvalue weighted by Gasteiger charge is 2.16. The lowest BCUT2D eigenvalue weighted by molar-refractivity contribution is -0.134. The summed E-state index contributed by atoms with van der Waals surface area (Å²) in [7, 11) is 1.83. The Hall–Kier alpha value is -1.42. The molecule has 94 valence electrons. The van der Waals surface area contributed by atoms with Crippen LogP contribution in [0.15, 0.2) is 24.5 Å². The Kier molecular flexibility index (Phi) is 5.63. The van der Waals surface area contributed by atoms with Crippen LogP contribution in [0.1, 0.15) is 25.3 Å². The topological polar surface area (TPSA) is 59.2 Å². The summed E-state index contributed by atoms with van der Waals surface area (Å²) in [5.41, 5.74) is 6.49. The molecular formula is C13H21N3O. The number of hydrogen-bond acceptors (Lipinski definition) is 3. The van der Waals surface area contributed by atoms with Crippen LogP contribution in [-0.4, -0.2) is 29.4 Å². The first kappa shape index (κ1) is 13.6. The average Bonchev–Trinajstić information content (AvgIpc) is 2.36. The summed E-state index contributed by atoms with van der Waals surface area (Å²) >= 11 is 0. The fourth-order valence-electron chi connectivity index (χ4n) is 1.77. The predicted octanol–water partition coefficient (Wildman–Crippen LogP) is 1.41. The van der Waals surface area contributed by atoms with Gasteiger partial charge in [0.25, 0.3) is 0 Å². The van der Waals surface area contributed by atoms with Gasteiger partial charge in [-0.2, -0.15) is 0 Å². The van der Waals surface area contributed by atoms with E-state index in [0.717, 1.165) is 18.4 Å². The molecule has 1 unspecified atom stereocenters. The fourth-order valence-corrected chi connectivity index (χ4v) is 1.77. The Balaban J connectivity index is 2.47. The van der Waals surface area contributed by atoms with E-state index >= 15 is 0 Å². The van der Waals surface area contributed by atoms with Crippen molar-refractivity contribution in [2.45, 2.75) is 26.3 Å². The zero-order valence-electron chi connectivity index (χ0n) is 10.6. The third-order valence-electron chi connectivity index (χ3n) is 2.78. The SMILES string of the molecule is CC(CCCN)C(=O)N(C)Cc1cccnc1. The minimum atomic E-state index is 0.0419. The summed E-state index contributed by atoms with van der Waals surface area (Å²) in [5.74, 6) is 0.211. The third-order valence-corrected chi connectivity index (χ3v) is 2.78. The van der Waals surface area contributed by atoms with Crippen molar-refractivity contribution >= 4 is 5.91 Å². The van der Waals surface area contributed by atoms with Crippen molar-refractivity contribution in [1.82, 2.24) is 9.88 Å². The number of hydrogen-bond donors (Lipinski definition) is 1. The zero-order chi connectivity index (χ0) is 12.7. The molecule has 1 aromatic rings. The van der Waals surface area contributed by atoms with Gasteiger partial charge < -0.3 is 10.6 Å². The second-order valence-electron chi connectivity index (χ2n) is 4.39. The van der Waals surface area contributed by atoms with E-state index in [1.54, 1.807) is 17.3 Å². The van der Waals surface area contributed by atoms with Crippen LogP contribution in [0.4, 0.5) is 0 Å². The van der Waals surface area contributed by atoms with Crippen molar-refractivity contribution in [2.24, 2.45) is 11.7 Å². The van der Waals surface area contributed by atoms with E-state index in [4.69, 9.17) is 5.73 Å². The van der Waals surface area contributed by atoms with Gasteiger partial charge in [0.15, 0.2) is 0 Å². The van der Waals surface area contributed by atoms with Crippen LogP contribution < -0.4 is 5.73 Å². The van der Waals surface area contributed by atoms with Crippen molar-refractivity contribution in [1.29, 1.82) is 0 Å². The van der Waals surface area contributed by atoms with Crippen molar-refractivity contribution in [3.63, 3.8) is 0 Å². The highest BCUT2D eigenvalue weighted by molar-refractivity contribution is 5.78. The maximum Gasteiger partial charge on any atom is 0.225 e. The quantitative estimate of drug-likeness (QED) is 0.811. The molecule has 17 heavy (non-hydrogen) atoms. The Morgan fingerprint density at radius 2 is 2.35 bits per heavy atom. The molecule has 1 amide bonds. The molecule has 0 aromatic carbocycles. The second-order valence-corrected chi connectivity index (χ2v) is 4.39. The molecular weight excluding hydrogens is 214 g/mol. The minimum absolute atomic E-state index is 0.0419. The van der Waals surface area contributed by atoms with Gasteiger partial charge in [0.1, 0.15) is 0 Å². The van der Waals surface area contributed by atoms with E-state index < -0.39 is 0 Å². The van der Waals surface area contributed by atoms with E-state index in [1.165, 1.54) is 0 Å².